The van der Waals surface area contributed by atoms with Crippen molar-refractivity contribution in [2.24, 2.45) is 11.8 Å². The summed E-state index contributed by atoms with van der Waals surface area (Å²) in [5.41, 5.74) is 1.99. The van der Waals surface area contributed by atoms with Gasteiger partial charge in [0.1, 0.15) is 0 Å². The molecule has 3 aliphatic heterocycles. The van der Waals surface area contributed by atoms with Gasteiger partial charge in [-0.3, -0.25) is 9.59 Å². The van der Waals surface area contributed by atoms with Crippen molar-refractivity contribution in [2.75, 3.05) is 19.6 Å². The lowest BCUT2D eigenvalue weighted by Gasteiger charge is -2.40. The van der Waals surface area contributed by atoms with E-state index < -0.39 is 0 Å². The van der Waals surface area contributed by atoms with E-state index in [9.17, 15) is 9.59 Å². The number of fused-ring (bicyclic) bond motifs is 4. The van der Waals surface area contributed by atoms with Crippen molar-refractivity contribution < 1.29 is 9.59 Å². The van der Waals surface area contributed by atoms with Crippen LogP contribution in [-0.2, 0) is 4.79 Å². The van der Waals surface area contributed by atoms with Crippen molar-refractivity contribution in [3.63, 3.8) is 0 Å². The number of carbonyl (C=O) groups excluding carboxylic acids is 2. The molecule has 4 nitrogen and oxygen atoms in total. The van der Waals surface area contributed by atoms with Crippen molar-refractivity contribution in [3.05, 3.63) is 35.4 Å². The first kappa shape index (κ1) is 17.6. The van der Waals surface area contributed by atoms with Gasteiger partial charge in [-0.1, -0.05) is 32.4 Å². The zero-order valence-corrected chi connectivity index (χ0v) is 16.0. The normalized spacial score (nSPS) is 26.2. The van der Waals surface area contributed by atoms with Crippen LogP contribution in [0.2, 0.25) is 0 Å². The summed E-state index contributed by atoms with van der Waals surface area (Å²) in [6.07, 6.45) is 5.79. The second-order valence-electron chi connectivity index (χ2n) is 8.70. The zero-order chi connectivity index (χ0) is 18.3. The van der Waals surface area contributed by atoms with Gasteiger partial charge in [0.25, 0.3) is 5.91 Å². The minimum atomic E-state index is -0.00675. The highest BCUT2D eigenvalue weighted by molar-refractivity contribution is 5.95. The molecular weight excluding hydrogens is 324 g/mol. The molecule has 0 unspecified atom stereocenters. The topological polar surface area (TPSA) is 40.6 Å². The van der Waals surface area contributed by atoms with E-state index in [2.05, 4.69) is 30.9 Å². The van der Waals surface area contributed by atoms with Crippen LogP contribution in [0.3, 0.4) is 0 Å². The Hall–Kier alpha value is -1.84. The van der Waals surface area contributed by atoms with Crippen molar-refractivity contribution in [1.82, 2.24) is 9.80 Å². The first-order valence-corrected chi connectivity index (χ1v) is 10.2. The molecule has 140 valence electrons. The fourth-order valence-corrected chi connectivity index (χ4v) is 4.59. The van der Waals surface area contributed by atoms with Crippen LogP contribution >= 0.6 is 0 Å². The van der Waals surface area contributed by atoms with E-state index >= 15 is 0 Å². The second-order valence-corrected chi connectivity index (χ2v) is 8.70. The third-order valence-corrected chi connectivity index (χ3v) is 6.58. The number of piperidine rings is 1. The predicted molar refractivity (Wildman–Crippen MR) is 102 cm³/mol. The maximum atomic E-state index is 13.1. The van der Waals surface area contributed by atoms with Crippen LogP contribution in [0.25, 0.3) is 0 Å². The SMILES string of the molecule is CC(C)c1ccc(C(=O)N2C[C@@H]3CC[C@H](C2)N(CC2CCC2)C3=O)cc1. The molecule has 1 saturated carbocycles. The first-order chi connectivity index (χ1) is 12.5. The maximum Gasteiger partial charge on any atom is 0.253 e. The summed E-state index contributed by atoms with van der Waals surface area (Å²) in [7, 11) is 0. The molecule has 1 aromatic carbocycles. The van der Waals surface area contributed by atoms with E-state index in [1.807, 2.05) is 17.0 Å². The Morgan fingerprint density at radius 3 is 2.42 bits per heavy atom. The number of hydrogen-bond donors (Lipinski definition) is 0. The average molecular weight is 354 g/mol. The molecular formula is C22H30N2O2. The first-order valence-electron chi connectivity index (χ1n) is 10.2. The minimum Gasteiger partial charge on any atom is -0.337 e. The average Bonchev–Trinajstić information content (AvgIpc) is 2.89. The summed E-state index contributed by atoms with van der Waals surface area (Å²) in [5, 5.41) is 0. The summed E-state index contributed by atoms with van der Waals surface area (Å²) in [6.45, 7) is 6.50. The lowest BCUT2D eigenvalue weighted by Crippen LogP contribution is -2.50. The minimum absolute atomic E-state index is 0.00675. The smallest absolute Gasteiger partial charge is 0.253 e. The molecule has 0 aromatic heterocycles. The van der Waals surface area contributed by atoms with Crippen LogP contribution in [-0.4, -0.2) is 47.3 Å². The highest BCUT2D eigenvalue weighted by atomic mass is 16.2. The third-order valence-electron chi connectivity index (χ3n) is 6.58. The fraction of sp³-hybridized carbons (Fsp3) is 0.636. The molecule has 2 bridgehead atoms. The molecule has 2 atom stereocenters. The van der Waals surface area contributed by atoms with E-state index in [4.69, 9.17) is 0 Å². The lowest BCUT2D eigenvalue weighted by atomic mass is 9.83. The van der Waals surface area contributed by atoms with Crippen LogP contribution in [0, 0.1) is 11.8 Å². The predicted octanol–water partition coefficient (Wildman–Crippen LogP) is 3.67. The highest BCUT2D eigenvalue weighted by Crippen LogP contribution is 2.34. The Morgan fingerprint density at radius 2 is 1.81 bits per heavy atom. The van der Waals surface area contributed by atoms with Gasteiger partial charge in [-0.25, -0.2) is 0 Å². The number of nitrogens with zero attached hydrogens (tertiary/aromatic N) is 2. The summed E-state index contributed by atoms with van der Waals surface area (Å²) in [6, 6.07) is 8.20. The van der Waals surface area contributed by atoms with Crippen LogP contribution in [0.4, 0.5) is 0 Å². The van der Waals surface area contributed by atoms with Crippen LogP contribution in [0.1, 0.15) is 67.8 Å². The van der Waals surface area contributed by atoms with Crippen LogP contribution in [0.5, 0.6) is 0 Å². The second kappa shape index (κ2) is 7.05. The summed E-state index contributed by atoms with van der Waals surface area (Å²) in [5.74, 6) is 1.51. The highest BCUT2D eigenvalue weighted by Gasteiger charge is 2.42. The number of hydrogen-bond acceptors (Lipinski definition) is 2. The summed E-state index contributed by atoms with van der Waals surface area (Å²) in [4.78, 5) is 30.0. The molecule has 26 heavy (non-hydrogen) atoms. The van der Waals surface area contributed by atoms with E-state index in [0.29, 0.717) is 30.8 Å². The summed E-state index contributed by atoms with van der Waals surface area (Å²) >= 11 is 0. The third kappa shape index (κ3) is 3.26. The van der Waals surface area contributed by atoms with Crippen LogP contribution < -0.4 is 0 Å². The quantitative estimate of drug-likeness (QED) is 0.828. The van der Waals surface area contributed by atoms with Crippen molar-refractivity contribution in [3.8, 4) is 0 Å². The van der Waals surface area contributed by atoms with Gasteiger partial charge in [0.05, 0.1) is 5.92 Å². The molecule has 1 aromatic rings. The van der Waals surface area contributed by atoms with Crippen LogP contribution in [0.15, 0.2) is 24.3 Å². The maximum absolute atomic E-state index is 13.1. The number of amides is 2. The van der Waals surface area contributed by atoms with Gasteiger partial charge < -0.3 is 9.80 Å². The van der Waals surface area contributed by atoms with E-state index in [0.717, 1.165) is 24.9 Å². The standard InChI is InChI=1S/C22H30N2O2/c1-15(2)17-6-8-18(9-7-17)21(25)23-13-19-10-11-20(14-23)24(22(19)26)12-16-4-3-5-16/h6-9,15-16,19-20H,3-5,10-14H2,1-2H3/t19-,20+/m0/s1. The monoisotopic (exact) mass is 354 g/mol. The van der Waals surface area contributed by atoms with Gasteiger partial charge in [-0.15, -0.1) is 0 Å². The molecule has 4 heteroatoms. The van der Waals surface area contributed by atoms with Crippen molar-refractivity contribution in [1.29, 1.82) is 0 Å². The van der Waals surface area contributed by atoms with Gasteiger partial charge in [-0.05, 0) is 55.2 Å². The van der Waals surface area contributed by atoms with E-state index in [-0.39, 0.29) is 17.9 Å². The molecule has 5 rings (SSSR count). The Balaban J connectivity index is 1.49. The molecule has 4 aliphatic rings. The molecule has 0 spiro atoms. The molecule has 2 amide bonds. The van der Waals surface area contributed by atoms with E-state index in [1.165, 1.54) is 24.8 Å². The largest absolute Gasteiger partial charge is 0.337 e. The lowest BCUT2D eigenvalue weighted by molar-refractivity contribution is -0.141. The number of carbonyl (C=O) groups is 2. The van der Waals surface area contributed by atoms with E-state index in [1.54, 1.807) is 0 Å². The Kier molecular flexibility index (Phi) is 4.76. The molecule has 4 fully saturated rings. The molecule has 0 radical (unpaired) electrons. The molecule has 1 aliphatic carbocycles. The number of rotatable bonds is 4. The van der Waals surface area contributed by atoms with Gasteiger partial charge in [-0.2, -0.15) is 0 Å². The Labute approximate surface area is 156 Å². The molecule has 3 saturated heterocycles. The van der Waals surface area contributed by atoms with Crippen molar-refractivity contribution >= 4 is 11.8 Å². The fourth-order valence-electron chi connectivity index (χ4n) is 4.59. The molecule has 0 N–H and O–H groups in total. The number of benzene rings is 1. The van der Waals surface area contributed by atoms with Gasteiger partial charge >= 0.3 is 0 Å². The Morgan fingerprint density at radius 1 is 1.08 bits per heavy atom. The summed E-state index contributed by atoms with van der Waals surface area (Å²) < 4.78 is 0. The van der Waals surface area contributed by atoms with Gasteiger partial charge in [0, 0.05) is 31.2 Å². The van der Waals surface area contributed by atoms with Crippen molar-refractivity contribution in [2.45, 2.75) is 57.9 Å². The Bertz CT molecular complexity index is 678. The van der Waals surface area contributed by atoms with Gasteiger partial charge in [0.2, 0.25) is 5.91 Å². The molecule has 3 heterocycles. The van der Waals surface area contributed by atoms with Gasteiger partial charge in [0.15, 0.2) is 0 Å². The zero-order valence-electron chi connectivity index (χ0n) is 16.0.